The van der Waals surface area contributed by atoms with E-state index >= 15 is 0 Å². The highest BCUT2D eigenvalue weighted by Gasteiger charge is 2.65. The van der Waals surface area contributed by atoms with E-state index in [4.69, 9.17) is 10.2 Å². The summed E-state index contributed by atoms with van der Waals surface area (Å²) in [5.74, 6) is 5.16. The van der Waals surface area contributed by atoms with E-state index in [-0.39, 0.29) is 59.4 Å². The van der Waals surface area contributed by atoms with Crippen molar-refractivity contribution >= 4 is 11.9 Å². The maximum absolute atomic E-state index is 11.5. The molecule has 8 aliphatic carbocycles. The molecule has 56 heavy (non-hydrogen) atoms. The summed E-state index contributed by atoms with van der Waals surface area (Å²) in [5.41, 5.74) is 0.694. The molecule has 6 N–H and O–H groups in total. The van der Waals surface area contributed by atoms with Crippen LogP contribution in [0, 0.1) is 92.7 Å². The quantitative estimate of drug-likeness (QED) is 0.143. The molecular formula is C48H80O8. The van der Waals surface area contributed by atoms with Crippen molar-refractivity contribution < 1.29 is 40.2 Å². The van der Waals surface area contributed by atoms with Crippen molar-refractivity contribution in [3.05, 3.63) is 0 Å². The Morgan fingerprint density at radius 2 is 1.09 bits per heavy atom. The minimum Gasteiger partial charge on any atom is -0.481 e. The third kappa shape index (κ3) is 7.24. The lowest BCUT2D eigenvalue weighted by atomic mass is 9.43. The third-order valence-corrected chi connectivity index (χ3v) is 20.5. The molecule has 8 saturated carbocycles. The van der Waals surface area contributed by atoms with Crippen LogP contribution in [-0.2, 0) is 9.59 Å². The van der Waals surface area contributed by atoms with Crippen LogP contribution in [0.1, 0.15) is 170 Å². The molecule has 8 heteroatoms. The number of carboxylic acids is 2. The monoisotopic (exact) mass is 785 g/mol. The summed E-state index contributed by atoms with van der Waals surface area (Å²) in [7, 11) is 0. The Hall–Kier alpha value is -1.22. The number of aliphatic hydroxyl groups excluding tert-OH is 4. The van der Waals surface area contributed by atoms with E-state index in [1.54, 1.807) is 0 Å². The first-order valence-electron chi connectivity index (χ1n) is 23.5. The van der Waals surface area contributed by atoms with Crippen molar-refractivity contribution in [3.63, 3.8) is 0 Å². The van der Waals surface area contributed by atoms with E-state index in [0.29, 0.717) is 70.5 Å². The zero-order valence-electron chi connectivity index (χ0n) is 35.9. The van der Waals surface area contributed by atoms with Gasteiger partial charge in [0.05, 0.1) is 24.4 Å². The maximum Gasteiger partial charge on any atom is 0.303 e. The van der Waals surface area contributed by atoms with E-state index in [9.17, 15) is 30.0 Å². The smallest absolute Gasteiger partial charge is 0.303 e. The first-order valence-corrected chi connectivity index (χ1v) is 23.5. The van der Waals surface area contributed by atoms with Crippen LogP contribution in [-0.4, -0.2) is 67.0 Å². The van der Waals surface area contributed by atoms with Gasteiger partial charge in [-0.3, -0.25) is 9.59 Å². The van der Waals surface area contributed by atoms with Crippen LogP contribution in [0.3, 0.4) is 0 Å². The van der Waals surface area contributed by atoms with E-state index in [1.165, 1.54) is 44.9 Å². The van der Waals surface area contributed by atoms with Crippen molar-refractivity contribution in [2.24, 2.45) is 92.7 Å². The molecule has 20 atom stereocenters. The molecule has 8 aliphatic rings. The molecule has 8 fully saturated rings. The molecule has 0 bridgehead atoms. The van der Waals surface area contributed by atoms with E-state index in [2.05, 4.69) is 41.5 Å². The fraction of sp³-hybridized carbons (Fsp3) is 0.958. The number of rotatable bonds is 8. The Morgan fingerprint density at radius 3 is 1.75 bits per heavy atom. The zero-order chi connectivity index (χ0) is 40.5. The highest BCUT2D eigenvalue weighted by atomic mass is 16.4. The third-order valence-electron chi connectivity index (χ3n) is 20.5. The normalized spacial score (nSPS) is 51.7. The van der Waals surface area contributed by atoms with Crippen LogP contribution in [0.5, 0.6) is 0 Å². The van der Waals surface area contributed by atoms with Gasteiger partial charge in [0.25, 0.3) is 0 Å². The first kappa shape index (κ1) is 42.9. The first-order chi connectivity index (χ1) is 26.3. The SMILES string of the molecule is C[C@H](CCC(=O)O)[C@H]1CC[C@H]2[C@@H]3CC[C@@H]4C[C@H](O)CC[C@]4(C)[C@H]3C[C@H](O)[C@]12C.C[C@H](CCC(=O)O)[C@H]1CC[C@H]2[C@@H]3C[C@H](O)[C@@H]4C[C@H](O)CC[C@]4(C)[C@H]3CC[C@]12C. The molecule has 0 unspecified atom stereocenters. The second-order valence-corrected chi connectivity index (χ2v) is 22.7. The van der Waals surface area contributed by atoms with Crippen LogP contribution in [0.15, 0.2) is 0 Å². The largest absolute Gasteiger partial charge is 0.481 e. The van der Waals surface area contributed by atoms with Crippen molar-refractivity contribution in [1.82, 2.24) is 0 Å². The Bertz CT molecular complexity index is 1420. The molecule has 0 heterocycles. The molecule has 8 nitrogen and oxygen atoms in total. The van der Waals surface area contributed by atoms with E-state index in [0.717, 1.165) is 70.6 Å². The van der Waals surface area contributed by atoms with Crippen LogP contribution in [0.4, 0.5) is 0 Å². The summed E-state index contributed by atoms with van der Waals surface area (Å²) < 4.78 is 0. The van der Waals surface area contributed by atoms with E-state index < -0.39 is 11.9 Å². The molecule has 0 radical (unpaired) electrons. The van der Waals surface area contributed by atoms with Crippen LogP contribution >= 0.6 is 0 Å². The Labute approximate surface area is 338 Å². The van der Waals surface area contributed by atoms with Gasteiger partial charge in [0.2, 0.25) is 0 Å². The second kappa shape index (κ2) is 16.0. The summed E-state index contributed by atoms with van der Waals surface area (Å²) in [5, 5.41) is 61.1. The van der Waals surface area contributed by atoms with Gasteiger partial charge in [0, 0.05) is 12.8 Å². The highest BCUT2D eigenvalue weighted by molar-refractivity contribution is 5.66. The Balaban J connectivity index is 0.000000172. The molecule has 0 spiro atoms. The number of hydrogen-bond acceptors (Lipinski definition) is 6. The number of hydrogen-bond donors (Lipinski definition) is 6. The summed E-state index contributed by atoms with van der Waals surface area (Å²) in [6.45, 7) is 14.1. The standard InChI is InChI=1S/2C24H40O4/c1-14(4-9-22(27)28)18-7-8-19-17-6-5-15-12-16(25)10-11-23(15,2)20(17)13-21(26)24(18,19)3;1-14(4-7-22(27)28)17-5-6-18-16-13-21(26)20-12-15(25)8-10-24(20,3)19(16)9-11-23(17,18)2/h2*14-21,25-26H,4-13H2,1-3H3,(H,27,28)/t14-,15-,16-,17+,18-,19+,20+,21+,23+,24-;14-,15-,16+,17-,18+,19+,20+,21+,23-,24-/m11/s1. The minimum atomic E-state index is -0.707. The highest BCUT2D eigenvalue weighted by Crippen LogP contribution is 2.70. The Kier molecular flexibility index (Phi) is 12.3. The fourth-order valence-electron chi connectivity index (χ4n) is 17.5. The summed E-state index contributed by atoms with van der Waals surface area (Å²) in [6, 6.07) is 0. The summed E-state index contributed by atoms with van der Waals surface area (Å²) in [6.07, 6.45) is 18.4. The number of fused-ring (bicyclic) bond motifs is 10. The predicted octanol–water partition coefficient (Wildman–Crippen LogP) is 8.96. The molecule has 8 rings (SSSR count). The molecule has 0 aliphatic heterocycles. The Morgan fingerprint density at radius 1 is 0.536 bits per heavy atom. The lowest BCUT2D eigenvalue weighted by molar-refractivity contribution is -0.175. The van der Waals surface area contributed by atoms with Crippen LogP contribution < -0.4 is 0 Å². The average Bonchev–Trinajstić information content (AvgIpc) is 3.69. The van der Waals surface area contributed by atoms with Gasteiger partial charge in [-0.2, -0.15) is 0 Å². The lowest BCUT2D eigenvalue weighted by Crippen LogP contribution is -2.58. The number of carbonyl (C=O) groups is 2. The van der Waals surface area contributed by atoms with Crippen LogP contribution in [0.25, 0.3) is 0 Å². The van der Waals surface area contributed by atoms with Crippen molar-refractivity contribution in [3.8, 4) is 0 Å². The zero-order valence-corrected chi connectivity index (χ0v) is 35.9. The van der Waals surface area contributed by atoms with Gasteiger partial charge >= 0.3 is 11.9 Å². The van der Waals surface area contributed by atoms with Gasteiger partial charge in [-0.15, -0.1) is 0 Å². The maximum atomic E-state index is 11.5. The molecule has 0 aromatic rings. The number of aliphatic hydroxyl groups is 4. The van der Waals surface area contributed by atoms with Gasteiger partial charge in [-0.25, -0.2) is 0 Å². The summed E-state index contributed by atoms with van der Waals surface area (Å²) >= 11 is 0. The molecule has 0 aromatic heterocycles. The van der Waals surface area contributed by atoms with Gasteiger partial charge in [-0.05, 0) is 208 Å². The predicted molar refractivity (Wildman–Crippen MR) is 217 cm³/mol. The van der Waals surface area contributed by atoms with E-state index in [1.807, 2.05) is 0 Å². The molecule has 0 saturated heterocycles. The fourth-order valence-corrected chi connectivity index (χ4v) is 17.5. The van der Waals surface area contributed by atoms with Crippen LogP contribution in [0.2, 0.25) is 0 Å². The average molecular weight is 785 g/mol. The number of carboxylic acid groups (broad SMARTS) is 2. The topological polar surface area (TPSA) is 156 Å². The van der Waals surface area contributed by atoms with Gasteiger partial charge in [0.15, 0.2) is 0 Å². The lowest BCUT2D eigenvalue weighted by Gasteiger charge is -2.62. The molecule has 0 amide bonds. The van der Waals surface area contributed by atoms with Crippen molar-refractivity contribution in [1.29, 1.82) is 0 Å². The van der Waals surface area contributed by atoms with Crippen molar-refractivity contribution in [2.45, 2.75) is 194 Å². The van der Waals surface area contributed by atoms with Crippen molar-refractivity contribution in [2.75, 3.05) is 0 Å². The van der Waals surface area contributed by atoms with Gasteiger partial charge in [-0.1, -0.05) is 41.5 Å². The minimum absolute atomic E-state index is 0.0591. The molecule has 320 valence electrons. The molecular weight excluding hydrogens is 705 g/mol. The number of aliphatic carboxylic acids is 2. The summed E-state index contributed by atoms with van der Waals surface area (Å²) in [4.78, 5) is 22.1. The second-order valence-electron chi connectivity index (χ2n) is 22.7. The van der Waals surface area contributed by atoms with Gasteiger partial charge in [0.1, 0.15) is 0 Å². The van der Waals surface area contributed by atoms with Gasteiger partial charge < -0.3 is 30.6 Å². The molecule has 0 aromatic carbocycles.